The Hall–Kier alpha value is -4.02. The van der Waals surface area contributed by atoms with Crippen molar-refractivity contribution in [1.82, 2.24) is 21.0 Å². The highest BCUT2D eigenvalue weighted by Crippen LogP contribution is 2.40. The maximum Gasteiger partial charge on any atom is 0.179 e. The summed E-state index contributed by atoms with van der Waals surface area (Å²) in [6, 6.07) is 16.9. The van der Waals surface area contributed by atoms with Gasteiger partial charge in [0.25, 0.3) is 0 Å². The van der Waals surface area contributed by atoms with E-state index < -0.39 is 15.3 Å². The quantitative estimate of drug-likeness (QED) is 0.200. The molecule has 4 N–H and O–H groups in total. The van der Waals surface area contributed by atoms with E-state index in [2.05, 4.69) is 32.6 Å². The lowest BCUT2D eigenvalue weighted by Crippen LogP contribution is -2.45. The summed E-state index contributed by atoms with van der Waals surface area (Å²) >= 11 is 13.0. The van der Waals surface area contributed by atoms with Crippen molar-refractivity contribution in [2.75, 3.05) is 16.9 Å². The smallest absolute Gasteiger partial charge is 0.179 e. The number of anilines is 3. The fourth-order valence-electron chi connectivity index (χ4n) is 5.17. The summed E-state index contributed by atoms with van der Waals surface area (Å²) in [5, 5.41) is 19.5. The van der Waals surface area contributed by atoms with E-state index in [1.165, 1.54) is 24.4 Å². The molecule has 0 bridgehead atoms. The van der Waals surface area contributed by atoms with Crippen LogP contribution in [0.25, 0.3) is 10.9 Å². The summed E-state index contributed by atoms with van der Waals surface area (Å²) in [7, 11) is -1.77. The van der Waals surface area contributed by atoms with Crippen LogP contribution in [-0.2, 0) is 15.3 Å². The van der Waals surface area contributed by atoms with Crippen molar-refractivity contribution in [3.05, 3.63) is 99.7 Å². The van der Waals surface area contributed by atoms with Gasteiger partial charge in [0.15, 0.2) is 9.84 Å². The molecule has 1 unspecified atom stereocenters. The number of nitrogens with zero attached hydrogens (tertiary/aromatic N) is 3. The Morgan fingerprint density at radius 3 is 2.58 bits per heavy atom. The maximum atomic E-state index is 13.9. The lowest BCUT2D eigenvalue weighted by molar-refractivity contribution is 0.260. The molecule has 1 aliphatic carbocycles. The van der Waals surface area contributed by atoms with Crippen molar-refractivity contribution in [1.29, 1.82) is 5.26 Å². The van der Waals surface area contributed by atoms with Gasteiger partial charge in [-0.1, -0.05) is 41.4 Å². The second kappa shape index (κ2) is 10.9. The highest BCUT2D eigenvalue weighted by atomic mass is 35.5. The molecule has 0 saturated heterocycles. The molecule has 0 amide bonds. The first-order valence-electron chi connectivity index (χ1n) is 13.3. The topological polar surface area (TPSA) is 122 Å². The first-order valence-corrected chi connectivity index (χ1v) is 16.0. The van der Waals surface area contributed by atoms with Crippen LogP contribution in [0.3, 0.4) is 0 Å². The van der Waals surface area contributed by atoms with Crippen molar-refractivity contribution < 1.29 is 12.8 Å². The molecule has 0 radical (unpaired) electrons. The predicted octanol–water partition coefficient (Wildman–Crippen LogP) is 4.93. The van der Waals surface area contributed by atoms with E-state index in [1.807, 2.05) is 19.1 Å². The van der Waals surface area contributed by atoms with Gasteiger partial charge in [0, 0.05) is 35.8 Å². The number of halogens is 3. The molecule has 1 atom stereocenters. The van der Waals surface area contributed by atoms with E-state index in [4.69, 9.17) is 23.2 Å². The molecule has 6 rings (SSSR count). The molecule has 3 aromatic carbocycles. The fraction of sp³-hybridized carbons (Fsp3) is 0.172. The number of hydrazine groups is 2. The number of hydrogen-bond acceptors (Lipinski definition) is 9. The van der Waals surface area contributed by atoms with Crippen LogP contribution in [0.5, 0.6) is 0 Å². The van der Waals surface area contributed by atoms with Crippen LogP contribution < -0.4 is 21.6 Å². The SMILES string of the molecule is BC(Nc1cc(Cl)c2ncc(C#N)c(Nc3cccc(Cl)c3S(C)(=O)=O)c2c1)(C1=CN(C2CC2)NN1)c1ccc(F)cc1. The Labute approximate surface area is 259 Å². The normalized spacial score (nSPS) is 16.3. The zero-order valence-electron chi connectivity index (χ0n) is 23.0. The molecule has 9 nitrogen and oxygen atoms in total. The number of pyridine rings is 1. The standard InChI is InChI=1S/C29H25BCl2FN7O2S/c1-43(41,42)28-22(31)3-2-4-24(28)36-26-16(13-34)14-35-27-21(26)11-19(12-23(27)32)37-29(30,17-5-7-18(33)8-6-17)25-15-40(39-38-25)20-9-10-20/h2-8,11-12,14-15,20,37-39H,9-10,30H2,1H3,(H,35,36). The summed E-state index contributed by atoms with van der Waals surface area (Å²) in [5.74, 6) is -0.355. The van der Waals surface area contributed by atoms with Crippen molar-refractivity contribution >= 4 is 68.9 Å². The minimum absolute atomic E-state index is 0.0472. The molecule has 14 heteroatoms. The molecular formula is C29H25BCl2FN7O2S. The molecule has 2 heterocycles. The summed E-state index contributed by atoms with van der Waals surface area (Å²) in [4.78, 5) is 4.32. The average Bonchev–Trinajstić information content (AvgIpc) is 3.68. The summed E-state index contributed by atoms with van der Waals surface area (Å²) in [6.07, 6.45) is 6.59. The first-order chi connectivity index (χ1) is 20.5. The van der Waals surface area contributed by atoms with Gasteiger partial charge in [0.1, 0.15) is 24.6 Å². The van der Waals surface area contributed by atoms with Crippen molar-refractivity contribution in [2.24, 2.45) is 0 Å². The number of benzene rings is 3. The number of hydrogen-bond donors (Lipinski definition) is 4. The van der Waals surface area contributed by atoms with Crippen LogP contribution in [0.2, 0.25) is 10.0 Å². The molecule has 4 aromatic rings. The number of fused-ring (bicyclic) bond motifs is 1. The second-order valence-electron chi connectivity index (χ2n) is 10.7. The first kappa shape index (κ1) is 29.1. The zero-order valence-corrected chi connectivity index (χ0v) is 25.4. The Morgan fingerprint density at radius 2 is 1.91 bits per heavy atom. The van der Waals surface area contributed by atoms with Crippen LogP contribution in [0.4, 0.5) is 21.5 Å². The van der Waals surface area contributed by atoms with Gasteiger partial charge in [-0.2, -0.15) is 5.26 Å². The average molecular weight is 636 g/mol. The van der Waals surface area contributed by atoms with Crippen LogP contribution in [-0.4, -0.2) is 38.6 Å². The molecule has 218 valence electrons. The van der Waals surface area contributed by atoms with E-state index in [0.717, 1.165) is 30.4 Å². The van der Waals surface area contributed by atoms with Gasteiger partial charge in [-0.05, 0) is 54.8 Å². The van der Waals surface area contributed by atoms with Crippen molar-refractivity contribution in [3.63, 3.8) is 0 Å². The predicted molar refractivity (Wildman–Crippen MR) is 169 cm³/mol. The minimum atomic E-state index is -3.73. The van der Waals surface area contributed by atoms with E-state index in [-0.39, 0.29) is 27.0 Å². The lowest BCUT2D eigenvalue weighted by atomic mass is 9.69. The van der Waals surface area contributed by atoms with E-state index in [0.29, 0.717) is 33.3 Å². The van der Waals surface area contributed by atoms with E-state index in [9.17, 15) is 18.1 Å². The Bertz CT molecular complexity index is 1950. The summed E-state index contributed by atoms with van der Waals surface area (Å²) in [6.45, 7) is 0. The molecule has 0 spiro atoms. The number of sulfone groups is 1. The largest absolute Gasteiger partial charge is 0.378 e. The van der Waals surface area contributed by atoms with Gasteiger partial charge in [-0.25, -0.2) is 12.8 Å². The van der Waals surface area contributed by atoms with Gasteiger partial charge in [0.05, 0.1) is 43.6 Å². The molecular weight excluding hydrogens is 611 g/mol. The van der Waals surface area contributed by atoms with Gasteiger partial charge in [-0.3, -0.25) is 9.99 Å². The van der Waals surface area contributed by atoms with Gasteiger partial charge < -0.3 is 16.1 Å². The fourth-order valence-corrected chi connectivity index (χ4v) is 6.97. The molecule has 1 saturated carbocycles. The summed E-state index contributed by atoms with van der Waals surface area (Å²) < 4.78 is 39.2. The Morgan fingerprint density at radius 1 is 1.16 bits per heavy atom. The molecule has 1 aromatic heterocycles. The van der Waals surface area contributed by atoms with Crippen molar-refractivity contribution in [3.8, 4) is 6.07 Å². The minimum Gasteiger partial charge on any atom is -0.378 e. The zero-order chi connectivity index (χ0) is 30.5. The number of nitrogens with one attached hydrogen (secondary N) is 4. The van der Waals surface area contributed by atoms with E-state index >= 15 is 0 Å². The van der Waals surface area contributed by atoms with Gasteiger partial charge >= 0.3 is 0 Å². The molecule has 43 heavy (non-hydrogen) atoms. The number of aromatic nitrogens is 1. The van der Waals surface area contributed by atoms with Crippen LogP contribution in [0.15, 0.2) is 77.6 Å². The monoisotopic (exact) mass is 635 g/mol. The third-order valence-corrected chi connectivity index (χ3v) is 9.42. The summed E-state index contributed by atoms with van der Waals surface area (Å²) in [5.41, 5.74) is 8.80. The highest BCUT2D eigenvalue weighted by Gasteiger charge is 2.38. The molecule has 2 aliphatic rings. The molecule has 1 fully saturated rings. The highest BCUT2D eigenvalue weighted by molar-refractivity contribution is 7.91. The van der Waals surface area contributed by atoms with Gasteiger partial charge in [-0.15, -0.1) is 5.53 Å². The maximum absolute atomic E-state index is 13.9. The molecule has 1 aliphatic heterocycles. The Balaban J connectivity index is 1.49. The lowest BCUT2D eigenvalue weighted by Gasteiger charge is -2.34. The van der Waals surface area contributed by atoms with E-state index in [1.54, 1.807) is 36.4 Å². The Kier molecular flexibility index (Phi) is 7.38. The second-order valence-corrected chi connectivity index (χ2v) is 13.5. The van der Waals surface area contributed by atoms with Crippen LogP contribution >= 0.6 is 23.2 Å². The van der Waals surface area contributed by atoms with Gasteiger partial charge in [0.2, 0.25) is 0 Å². The number of rotatable bonds is 8. The third-order valence-electron chi connectivity index (χ3n) is 7.53. The number of nitriles is 1. The van der Waals surface area contributed by atoms with Crippen molar-refractivity contribution in [2.45, 2.75) is 29.2 Å². The van der Waals surface area contributed by atoms with Crippen LogP contribution in [0.1, 0.15) is 24.0 Å². The third kappa shape index (κ3) is 5.57. The van der Waals surface area contributed by atoms with Crippen LogP contribution in [0, 0.1) is 17.1 Å².